The van der Waals surface area contributed by atoms with Crippen molar-refractivity contribution in [3.63, 3.8) is 0 Å². The average molecular weight is 328 g/mol. The van der Waals surface area contributed by atoms with Gasteiger partial charge in [0.15, 0.2) is 5.78 Å². The van der Waals surface area contributed by atoms with Gasteiger partial charge in [-0.1, -0.05) is 71.6 Å². The van der Waals surface area contributed by atoms with Crippen molar-refractivity contribution in [2.45, 2.75) is 96.9 Å². The standard InChI is InChI=1S/C19H36O4/c1-3-5-7-9-11-13-15-21-19(14-12-10-8-6-4-2)22-16-18(20)17-23-19/h3-17H2,1-2H3. The Morgan fingerprint density at radius 1 is 0.826 bits per heavy atom. The van der Waals surface area contributed by atoms with E-state index in [1.807, 2.05) is 0 Å². The van der Waals surface area contributed by atoms with Gasteiger partial charge in [0.2, 0.25) is 0 Å². The van der Waals surface area contributed by atoms with Crippen LogP contribution in [0.25, 0.3) is 0 Å². The number of hydrogen-bond acceptors (Lipinski definition) is 4. The van der Waals surface area contributed by atoms with Gasteiger partial charge in [-0.25, -0.2) is 0 Å². The Hall–Kier alpha value is -0.450. The zero-order valence-electron chi connectivity index (χ0n) is 15.2. The fraction of sp³-hybridized carbons (Fsp3) is 0.947. The summed E-state index contributed by atoms with van der Waals surface area (Å²) in [6.45, 7) is 5.32. The Balaban J connectivity index is 2.24. The van der Waals surface area contributed by atoms with Crippen molar-refractivity contribution < 1.29 is 19.0 Å². The van der Waals surface area contributed by atoms with E-state index >= 15 is 0 Å². The minimum Gasteiger partial charge on any atom is -0.327 e. The van der Waals surface area contributed by atoms with E-state index in [9.17, 15) is 4.79 Å². The van der Waals surface area contributed by atoms with Gasteiger partial charge in [0, 0.05) is 6.42 Å². The van der Waals surface area contributed by atoms with Crippen LogP contribution in [-0.4, -0.2) is 31.6 Å². The van der Waals surface area contributed by atoms with Gasteiger partial charge in [-0.05, 0) is 12.8 Å². The summed E-state index contributed by atoms with van der Waals surface area (Å²) < 4.78 is 17.2. The first-order valence-corrected chi connectivity index (χ1v) is 9.66. The van der Waals surface area contributed by atoms with Crippen LogP contribution < -0.4 is 0 Å². The molecule has 0 amide bonds. The third-order valence-electron chi connectivity index (χ3n) is 4.31. The van der Waals surface area contributed by atoms with E-state index in [0.29, 0.717) is 6.61 Å². The normalized spacial score (nSPS) is 17.6. The highest BCUT2D eigenvalue weighted by atomic mass is 16.9. The molecule has 1 rings (SSSR count). The van der Waals surface area contributed by atoms with Gasteiger partial charge in [0.25, 0.3) is 5.97 Å². The topological polar surface area (TPSA) is 44.8 Å². The van der Waals surface area contributed by atoms with Gasteiger partial charge in [0.05, 0.1) is 6.61 Å². The summed E-state index contributed by atoms with van der Waals surface area (Å²) >= 11 is 0. The first-order chi connectivity index (χ1) is 11.2. The number of ketones is 1. The third-order valence-corrected chi connectivity index (χ3v) is 4.31. The smallest absolute Gasteiger partial charge is 0.283 e. The van der Waals surface area contributed by atoms with Crippen LogP contribution in [0.15, 0.2) is 0 Å². The SMILES string of the molecule is CCCCCCCCOC1(CCCCCCC)OCC(=O)CO1. The lowest BCUT2D eigenvalue weighted by atomic mass is 10.1. The van der Waals surface area contributed by atoms with Crippen LogP contribution in [0.1, 0.15) is 90.9 Å². The molecular formula is C19H36O4. The minimum atomic E-state index is -0.969. The van der Waals surface area contributed by atoms with Crippen molar-refractivity contribution in [1.29, 1.82) is 0 Å². The monoisotopic (exact) mass is 328 g/mol. The largest absolute Gasteiger partial charge is 0.327 e. The first-order valence-electron chi connectivity index (χ1n) is 9.66. The Labute approximate surface area is 142 Å². The quantitative estimate of drug-likeness (QED) is 0.421. The van der Waals surface area contributed by atoms with E-state index in [0.717, 1.165) is 25.7 Å². The molecule has 0 saturated carbocycles. The molecule has 1 saturated heterocycles. The molecule has 0 unspecified atom stereocenters. The summed E-state index contributed by atoms with van der Waals surface area (Å²) in [5, 5.41) is 0. The van der Waals surface area contributed by atoms with Crippen LogP contribution in [0.3, 0.4) is 0 Å². The van der Waals surface area contributed by atoms with E-state index < -0.39 is 5.97 Å². The van der Waals surface area contributed by atoms with E-state index in [1.54, 1.807) is 0 Å². The zero-order chi connectivity index (χ0) is 16.8. The van der Waals surface area contributed by atoms with Crippen molar-refractivity contribution in [2.75, 3.05) is 19.8 Å². The molecule has 0 radical (unpaired) electrons. The van der Waals surface area contributed by atoms with E-state index in [-0.39, 0.29) is 19.0 Å². The lowest BCUT2D eigenvalue weighted by Crippen LogP contribution is -2.47. The number of carbonyl (C=O) groups excluding carboxylic acids is 1. The molecule has 0 spiro atoms. The molecule has 0 aromatic carbocycles. The van der Waals surface area contributed by atoms with Gasteiger partial charge >= 0.3 is 0 Å². The Morgan fingerprint density at radius 3 is 1.96 bits per heavy atom. The molecule has 0 aliphatic carbocycles. The van der Waals surface area contributed by atoms with Crippen LogP contribution in [0.5, 0.6) is 0 Å². The second-order valence-corrected chi connectivity index (χ2v) is 6.58. The molecule has 0 atom stereocenters. The van der Waals surface area contributed by atoms with Crippen molar-refractivity contribution >= 4 is 5.78 Å². The van der Waals surface area contributed by atoms with Crippen molar-refractivity contribution in [1.82, 2.24) is 0 Å². The average Bonchev–Trinajstić information content (AvgIpc) is 2.56. The van der Waals surface area contributed by atoms with Crippen molar-refractivity contribution in [3.05, 3.63) is 0 Å². The van der Waals surface area contributed by atoms with E-state index in [2.05, 4.69) is 13.8 Å². The molecule has 4 nitrogen and oxygen atoms in total. The second kappa shape index (κ2) is 12.9. The van der Waals surface area contributed by atoms with Gasteiger partial charge < -0.3 is 14.2 Å². The van der Waals surface area contributed by atoms with Crippen molar-refractivity contribution in [3.8, 4) is 0 Å². The molecule has 0 aromatic heterocycles. The van der Waals surface area contributed by atoms with Crippen LogP contribution in [-0.2, 0) is 19.0 Å². The second-order valence-electron chi connectivity index (χ2n) is 6.58. The molecule has 136 valence electrons. The Kier molecular flexibility index (Phi) is 11.6. The van der Waals surface area contributed by atoms with E-state index in [4.69, 9.17) is 14.2 Å². The van der Waals surface area contributed by atoms with Gasteiger partial charge in [-0.15, -0.1) is 0 Å². The summed E-state index contributed by atoms with van der Waals surface area (Å²) in [5.41, 5.74) is 0. The molecule has 0 bridgehead atoms. The van der Waals surface area contributed by atoms with Crippen LogP contribution in [0, 0.1) is 0 Å². The molecular weight excluding hydrogens is 292 g/mol. The number of hydrogen-bond donors (Lipinski definition) is 0. The van der Waals surface area contributed by atoms with Gasteiger partial charge in [-0.3, -0.25) is 4.79 Å². The van der Waals surface area contributed by atoms with Gasteiger partial charge in [0.1, 0.15) is 13.2 Å². The predicted molar refractivity (Wildman–Crippen MR) is 92.3 cm³/mol. The highest BCUT2D eigenvalue weighted by Gasteiger charge is 2.37. The Bertz CT molecular complexity index is 294. The molecule has 0 aromatic rings. The highest BCUT2D eigenvalue weighted by Crippen LogP contribution is 2.27. The van der Waals surface area contributed by atoms with Crippen molar-refractivity contribution in [2.24, 2.45) is 0 Å². The van der Waals surface area contributed by atoms with Crippen LogP contribution in [0.2, 0.25) is 0 Å². The predicted octanol–water partition coefficient (Wildman–Crippen LogP) is 4.99. The molecule has 4 heteroatoms. The fourth-order valence-electron chi connectivity index (χ4n) is 2.82. The minimum absolute atomic E-state index is 0.00484. The van der Waals surface area contributed by atoms with Gasteiger partial charge in [-0.2, -0.15) is 0 Å². The number of Topliss-reactive ketones (excluding diaryl/α,β-unsaturated/α-hetero) is 1. The summed E-state index contributed by atoms with van der Waals surface area (Å²) in [5.74, 6) is -0.974. The maximum Gasteiger partial charge on any atom is 0.283 e. The molecule has 1 fully saturated rings. The summed E-state index contributed by atoms with van der Waals surface area (Å²) in [4.78, 5) is 11.3. The first kappa shape index (κ1) is 20.6. The molecule has 23 heavy (non-hydrogen) atoms. The van der Waals surface area contributed by atoms with Crippen LogP contribution >= 0.6 is 0 Å². The summed E-state index contributed by atoms with van der Waals surface area (Å²) in [6, 6.07) is 0. The molecule has 1 heterocycles. The fourth-order valence-corrected chi connectivity index (χ4v) is 2.82. The summed E-state index contributed by atoms with van der Waals surface area (Å²) in [6.07, 6.45) is 14.0. The number of ether oxygens (including phenoxy) is 3. The van der Waals surface area contributed by atoms with E-state index in [1.165, 1.54) is 51.4 Å². The lowest BCUT2D eigenvalue weighted by Gasteiger charge is -2.36. The highest BCUT2D eigenvalue weighted by molar-refractivity contribution is 5.81. The molecule has 1 aliphatic heterocycles. The molecule has 1 aliphatic rings. The zero-order valence-corrected chi connectivity index (χ0v) is 15.2. The molecule has 0 N–H and O–H groups in total. The number of unbranched alkanes of at least 4 members (excludes halogenated alkanes) is 9. The van der Waals surface area contributed by atoms with Crippen LogP contribution in [0.4, 0.5) is 0 Å². The Morgan fingerprint density at radius 2 is 1.35 bits per heavy atom. The number of carbonyl (C=O) groups is 1. The maximum atomic E-state index is 11.3. The lowest BCUT2D eigenvalue weighted by molar-refractivity contribution is -0.389. The summed E-state index contributed by atoms with van der Waals surface area (Å²) in [7, 11) is 0. The third kappa shape index (κ3) is 9.43. The number of rotatable bonds is 14. The maximum absolute atomic E-state index is 11.3.